The fourth-order valence-corrected chi connectivity index (χ4v) is 1.62. The van der Waals surface area contributed by atoms with Crippen LogP contribution in [0.2, 0.25) is 5.02 Å². The molecule has 1 aromatic carbocycles. The van der Waals surface area contributed by atoms with Gasteiger partial charge in [0.2, 0.25) is 0 Å². The van der Waals surface area contributed by atoms with Gasteiger partial charge >= 0.3 is 0 Å². The molecule has 0 bridgehead atoms. The molecule has 1 aliphatic heterocycles. The van der Waals surface area contributed by atoms with Gasteiger partial charge in [0.15, 0.2) is 0 Å². The molecule has 0 aliphatic carbocycles. The summed E-state index contributed by atoms with van der Waals surface area (Å²) in [6.07, 6.45) is 1.92. The molecule has 3 heteroatoms. The van der Waals surface area contributed by atoms with Crippen molar-refractivity contribution in [2.24, 2.45) is 5.73 Å². The van der Waals surface area contributed by atoms with E-state index in [9.17, 15) is 0 Å². The van der Waals surface area contributed by atoms with Gasteiger partial charge in [0.05, 0.1) is 5.02 Å². The number of halogens is 1. The van der Waals surface area contributed by atoms with Crippen LogP contribution >= 0.6 is 11.6 Å². The molecule has 0 radical (unpaired) electrons. The molecule has 1 heterocycles. The van der Waals surface area contributed by atoms with E-state index in [2.05, 4.69) is 5.32 Å². The number of nitrogens with one attached hydrogen (secondary N) is 1. The van der Waals surface area contributed by atoms with Crippen molar-refractivity contribution in [2.45, 2.75) is 0 Å². The summed E-state index contributed by atoms with van der Waals surface area (Å²) in [4.78, 5) is 0. The van der Waals surface area contributed by atoms with E-state index in [0.29, 0.717) is 5.02 Å². The molecule has 0 atom stereocenters. The van der Waals surface area contributed by atoms with Crippen molar-refractivity contribution >= 4 is 23.0 Å². The van der Waals surface area contributed by atoms with E-state index in [1.807, 2.05) is 24.3 Å². The molecule has 0 saturated carbocycles. The van der Waals surface area contributed by atoms with Crippen molar-refractivity contribution < 1.29 is 0 Å². The standard InChI is InChI=1S/C9H9ClN2/c10-6-2-1-3-8-9(6)7(11)4-5-12-8/h1-4,12H,5,11H2. The zero-order valence-electron chi connectivity index (χ0n) is 6.47. The highest BCUT2D eigenvalue weighted by Crippen LogP contribution is 2.30. The Bertz CT molecular complexity index is 344. The molecule has 0 saturated heterocycles. The van der Waals surface area contributed by atoms with E-state index < -0.39 is 0 Å². The largest absolute Gasteiger partial charge is 0.398 e. The normalized spacial score (nSPS) is 14.6. The molecule has 0 fully saturated rings. The van der Waals surface area contributed by atoms with E-state index in [1.54, 1.807) is 0 Å². The fourth-order valence-electron chi connectivity index (χ4n) is 1.34. The second-order valence-electron chi connectivity index (χ2n) is 2.70. The van der Waals surface area contributed by atoms with Gasteiger partial charge in [-0.15, -0.1) is 0 Å². The minimum Gasteiger partial charge on any atom is -0.398 e. The van der Waals surface area contributed by atoms with Crippen LogP contribution in [-0.4, -0.2) is 6.54 Å². The predicted molar refractivity (Wildman–Crippen MR) is 52.1 cm³/mol. The van der Waals surface area contributed by atoms with Gasteiger partial charge in [-0.25, -0.2) is 0 Å². The molecule has 0 unspecified atom stereocenters. The van der Waals surface area contributed by atoms with Crippen LogP contribution in [-0.2, 0) is 0 Å². The molecule has 0 spiro atoms. The number of hydrogen-bond donors (Lipinski definition) is 2. The Hall–Kier alpha value is -1.15. The first kappa shape index (κ1) is 7.50. The number of rotatable bonds is 0. The Morgan fingerprint density at radius 3 is 3.00 bits per heavy atom. The lowest BCUT2D eigenvalue weighted by molar-refractivity contribution is 1.27. The maximum absolute atomic E-state index is 5.98. The minimum atomic E-state index is 0.702. The first-order chi connectivity index (χ1) is 5.79. The molecule has 2 rings (SSSR count). The van der Waals surface area contributed by atoms with Gasteiger partial charge < -0.3 is 11.1 Å². The zero-order valence-corrected chi connectivity index (χ0v) is 7.23. The lowest BCUT2D eigenvalue weighted by Crippen LogP contribution is -2.12. The number of anilines is 1. The predicted octanol–water partition coefficient (Wildman–Crippen LogP) is 2.07. The van der Waals surface area contributed by atoms with Crippen molar-refractivity contribution in [2.75, 3.05) is 11.9 Å². The number of hydrogen-bond acceptors (Lipinski definition) is 2. The SMILES string of the molecule is NC1=CCNc2cccc(Cl)c21. The van der Waals surface area contributed by atoms with Gasteiger partial charge in [0, 0.05) is 23.5 Å². The molecule has 62 valence electrons. The summed E-state index contributed by atoms with van der Waals surface area (Å²) in [5, 5.41) is 3.90. The van der Waals surface area contributed by atoms with E-state index in [0.717, 1.165) is 23.5 Å². The summed E-state index contributed by atoms with van der Waals surface area (Å²) >= 11 is 5.98. The van der Waals surface area contributed by atoms with Crippen LogP contribution < -0.4 is 11.1 Å². The minimum absolute atomic E-state index is 0.702. The summed E-state index contributed by atoms with van der Waals surface area (Å²) in [5.74, 6) is 0. The first-order valence-corrected chi connectivity index (χ1v) is 4.15. The average molecular weight is 181 g/mol. The zero-order chi connectivity index (χ0) is 8.55. The Labute approximate surface area is 76.0 Å². The summed E-state index contributed by atoms with van der Waals surface area (Å²) in [5.41, 5.74) is 8.48. The van der Waals surface area contributed by atoms with Crippen molar-refractivity contribution in [1.29, 1.82) is 0 Å². The Balaban J connectivity index is 2.64. The van der Waals surface area contributed by atoms with Crippen molar-refractivity contribution in [3.8, 4) is 0 Å². The molecular weight excluding hydrogens is 172 g/mol. The third-order valence-electron chi connectivity index (χ3n) is 1.92. The summed E-state index contributed by atoms with van der Waals surface area (Å²) in [7, 11) is 0. The van der Waals surface area contributed by atoms with Gasteiger partial charge in [-0.05, 0) is 18.2 Å². The van der Waals surface area contributed by atoms with Crippen LogP contribution in [0.25, 0.3) is 5.70 Å². The molecular formula is C9H9ClN2. The molecule has 3 N–H and O–H groups in total. The van der Waals surface area contributed by atoms with E-state index in [4.69, 9.17) is 17.3 Å². The third-order valence-corrected chi connectivity index (χ3v) is 2.23. The molecule has 2 nitrogen and oxygen atoms in total. The fraction of sp³-hybridized carbons (Fsp3) is 0.111. The monoisotopic (exact) mass is 180 g/mol. The van der Waals surface area contributed by atoms with Crippen molar-refractivity contribution in [3.05, 3.63) is 34.9 Å². The van der Waals surface area contributed by atoms with Crippen LogP contribution in [0.4, 0.5) is 5.69 Å². The maximum Gasteiger partial charge on any atom is 0.0519 e. The van der Waals surface area contributed by atoms with Gasteiger partial charge in [0.1, 0.15) is 0 Å². The van der Waals surface area contributed by atoms with Crippen molar-refractivity contribution in [3.63, 3.8) is 0 Å². The van der Waals surface area contributed by atoms with E-state index in [-0.39, 0.29) is 0 Å². The molecule has 1 aromatic rings. The maximum atomic E-state index is 5.98. The van der Waals surface area contributed by atoms with Crippen LogP contribution in [0.1, 0.15) is 5.56 Å². The smallest absolute Gasteiger partial charge is 0.0519 e. The molecule has 12 heavy (non-hydrogen) atoms. The first-order valence-electron chi connectivity index (χ1n) is 3.77. The van der Waals surface area contributed by atoms with Crippen LogP contribution in [0.5, 0.6) is 0 Å². The number of nitrogens with two attached hydrogens (primary N) is 1. The van der Waals surface area contributed by atoms with Crippen molar-refractivity contribution in [1.82, 2.24) is 0 Å². The highest BCUT2D eigenvalue weighted by molar-refractivity contribution is 6.33. The van der Waals surface area contributed by atoms with Gasteiger partial charge in [-0.3, -0.25) is 0 Å². The summed E-state index contributed by atoms with van der Waals surface area (Å²) in [6.45, 7) is 0.777. The second-order valence-corrected chi connectivity index (χ2v) is 3.11. The highest BCUT2D eigenvalue weighted by Gasteiger charge is 2.11. The number of benzene rings is 1. The summed E-state index contributed by atoms with van der Waals surface area (Å²) in [6, 6.07) is 5.72. The van der Waals surface area contributed by atoms with Crippen LogP contribution in [0.3, 0.4) is 0 Å². The van der Waals surface area contributed by atoms with Crippen LogP contribution in [0, 0.1) is 0 Å². The Morgan fingerprint density at radius 1 is 1.42 bits per heavy atom. The lowest BCUT2D eigenvalue weighted by atomic mass is 10.1. The van der Waals surface area contributed by atoms with E-state index >= 15 is 0 Å². The topological polar surface area (TPSA) is 38.0 Å². The number of fused-ring (bicyclic) bond motifs is 1. The second kappa shape index (κ2) is 2.72. The van der Waals surface area contributed by atoms with E-state index in [1.165, 1.54) is 0 Å². The molecule has 0 aromatic heterocycles. The Kier molecular flexibility index (Phi) is 1.70. The lowest BCUT2D eigenvalue weighted by Gasteiger charge is -2.17. The molecule has 1 aliphatic rings. The quantitative estimate of drug-likeness (QED) is 0.642. The molecule has 0 amide bonds. The van der Waals surface area contributed by atoms with Crippen LogP contribution in [0.15, 0.2) is 24.3 Å². The van der Waals surface area contributed by atoms with Gasteiger partial charge in [-0.1, -0.05) is 17.7 Å². The highest BCUT2D eigenvalue weighted by atomic mass is 35.5. The van der Waals surface area contributed by atoms with Gasteiger partial charge in [0.25, 0.3) is 0 Å². The Morgan fingerprint density at radius 2 is 2.25 bits per heavy atom. The average Bonchev–Trinajstić information content (AvgIpc) is 2.04. The third kappa shape index (κ3) is 1.04. The van der Waals surface area contributed by atoms with Gasteiger partial charge in [-0.2, -0.15) is 0 Å². The summed E-state index contributed by atoms with van der Waals surface area (Å²) < 4.78 is 0.